The first-order valence-electron chi connectivity index (χ1n) is 14.8. The van der Waals surface area contributed by atoms with Gasteiger partial charge in [0, 0.05) is 11.8 Å². The van der Waals surface area contributed by atoms with Crippen LogP contribution >= 0.6 is 7.82 Å². The Morgan fingerprint density at radius 1 is 0.917 bits per heavy atom. The van der Waals surface area contributed by atoms with Crippen LogP contribution in [0.5, 0.6) is 28.7 Å². The van der Waals surface area contributed by atoms with Crippen LogP contribution < -0.4 is 23.5 Å². The van der Waals surface area contributed by atoms with E-state index in [0.717, 1.165) is 0 Å². The summed E-state index contributed by atoms with van der Waals surface area (Å²) in [6.45, 7) is 1.55. The number of aliphatic hydroxyl groups excluding tert-OH is 2. The van der Waals surface area contributed by atoms with E-state index in [2.05, 4.69) is 0 Å². The van der Waals surface area contributed by atoms with Gasteiger partial charge in [-0.3, -0.25) is 24.8 Å². The molecular weight excluding hydrogens is 667 g/mol. The molecule has 262 valence electrons. The maximum absolute atomic E-state index is 13.5. The summed E-state index contributed by atoms with van der Waals surface area (Å²) in [6.07, 6.45) is -10.8. The molecule has 2 aromatic carbocycles. The average Bonchev–Trinajstić information content (AvgIpc) is 3.55. The molecule has 1 aliphatic carbocycles. The van der Waals surface area contributed by atoms with E-state index in [1.807, 2.05) is 0 Å². The van der Waals surface area contributed by atoms with Crippen molar-refractivity contribution < 1.29 is 86.7 Å². The molecule has 18 nitrogen and oxygen atoms in total. The first-order chi connectivity index (χ1) is 22.7. The molecule has 0 amide bonds. The number of phosphoric ester groups is 1. The molecule has 2 aromatic rings. The predicted octanol–water partition coefficient (Wildman–Crippen LogP) is -0.257. The van der Waals surface area contributed by atoms with Gasteiger partial charge in [0.2, 0.25) is 5.75 Å². The van der Waals surface area contributed by atoms with Crippen LogP contribution in [0.3, 0.4) is 0 Å². The Hall–Kier alpha value is -3.26. The highest BCUT2D eigenvalue weighted by atomic mass is 31.2. The van der Waals surface area contributed by atoms with Gasteiger partial charge in [0.1, 0.15) is 24.4 Å². The quantitative estimate of drug-likeness (QED) is 0.124. The molecule has 7 rings (SSSR count). The van der Waals surface area contributed by atoms with Crippen LogP contribution in [0.15, 0.2) is 24.3 Å². The topological polar surface area (TPSA) is 248 Å². The van der Waals surface area contributed by atoms with Gasteiger partial charge in [0.25, 0.3) is 0 Å². The third kappa shape index (κ3) is 5.76. The van der Waals surface area contributed by atoms with Crippen molar-refractivity contribution in [2.45, 2.75) is 62.1 Å². The standard InChI is InChI=1S/C29H33O18P/c1-10-40-9-19-26(42-10)22(30)23(31)28(43-19)44-24-13-7-16-15(45-29(33,34)46-16)6-12(13)20(21-14(24)8-41-27(21)32)11-4-17(38-2)25(18(5-11)39-3)47-48(35,36)37/h4-7,10,14,19-24,26,28,30-31,33-34H,8-9H2,1-3H3,(H2,35,36,37). The molecule has 0 radical (unpaired) electrons. The van der Waals surface area contributed by atoms with Gasteiger partial charge in [-0.1, -0.05) is 0 Å². The molecule has 4 aliphatic heterocycles. The summed E-state index contributed by atoms with van der Waals surface area (Å²) in [7, 11) is -2.57. The summed E-state index contributed by atoms with van der Waals surface area (Å²) < 4.78 is 66.8. The maximum Gasteiger partial charge on any atom is 0.525 e. The summed E-state index contributed by atoms with van der Waals surface area (Å²) >= 11 is 0. The van der Waals surface area contributed by atoms with Crippen molar-refractivity contribution in [3.63, 3.8) is 0 Å². The Kier molecular flexibility index (Phi) is 8.28. The van der Waals surface area contributed by atoms with Crippen LogP contribution in [0.4, 0.5) is 0 Å². The summed E-state index contributed by atoms with van der Waals surface area (Å²) in [4.78, 5) is 32.5. The number of carbonyl (C=O) groups is 1. The molecule has 0 bridgehead atoms. The Morgan fingerprint density at radius 2 is 1.56 bits per heavy atom. The number of rotatable bonds is 7. The van der Waals surface area contributed by atoms with E-state index in [0.29, 0.717) is 16.7 Å². The fourth-order valence-corrected chi connectivity index (χ4v) is 7.43. The summed E-state index contributed by atoms with van der Waals surface area (Å²) in [5.74, 6) is -4.08. The molecule has 4 heterocycles. The zero-order valence-electron chi connectivity index (χ0n) is 25.5. The molecule has 10 atom stereocenters. The summed E-state index contributed by atoms with van der Waals surface area (Å²) in [5.41, 5.74) is 1.06. The van der Waals surface area contributed by atoms with Gasteiger partial charge < -0.3 is 57.4 Å². The fraction of sp³-hybridized carbons (Fsp3) is 0.552. The average molecular weight is 701 g/mol. The van der Waals surface area contributed by atoms with Gasteiger partial charge in [-0.15, -0.1) is 0 Å². The van der Waals surface area contributed by atoms with Gasteiger partial charge in [-0.25, -0.2) is 4.57 Å². The SMILES string of the molecule is COc1cc(C2c3cc4c(cc3C(OC3OC5COC(C)OC5C(O)C3O)C3COC(=O)C23)OC(O)(O)O4)cc(OC)c1OP(=O)(O)O. The number of hydrogen-bond acceptors (Lipinski definition) is 16. The molecule has 48 heavy (non-hydrogen) atoms. The Morgan fingerprint density at radius 3 is 2.19 bits per heavy atom. The van der Waals surface area contributed by atoms with Crippen molar-refractivity contribution in [2.75, 3.05) is 27.4 Å². The highest BCUT2D eigenvalue weighted by Crippen LogP contribution is 2.58. The Balaban J connectivity index is 1.34. The molecule has 10 unspecified atom stereocenters. The number of aliphatic hydroxyl groups is 4. The van der Waals surface area contributed by atoms with Crippen LogP contribution in [0.25, 0.3) is 0 Å². The number of methoxy groups -OCH3 is 2. The highest BCUT2D eigenvalue weighted by molar-refractivity contribution is 7.46. The minimum Gasteiger partial charge on any atom is -0.493 e. The van der Waals surface area contributed by atoms with Crippen molar-refractivity contribution in [3.8, 4) is 28.7 Å². The lowest BCUT2D eigenvalue weighted by Gasteiger charge is -2.47. The second kappa shape index (κ2) is 12.0. The van der Waals surface area contributed by atoms with E-state index >= 15 is 0 Å². The lowest BCUT2D eigenvalue weighted by Crippen LogP contribution is -2.63. The van der Waals surface area contributed by atoms with E-state index < -0.39 is 80.8 Å². The monoisotopic (exact) mass is 700 g/mol. The molecular formula is C29H33O18P. The van der Waals surface area contributed by atoms with Crippen LogP contribution in [0, 0.1) is 11.8 Å². The first-order valence-corrected chi connectivity index (χ1v) is 16.3. The third-order valence-corrected chi connectivity index (χ3v) is 9.41. The molecule has 0 saturated carbocycles. The zero-order valence-corrected chi connectivity index (χ0v) is 26.4. The van der Waals surface area contributed by atoms with Gasteiger partial charge in [-0.05, 0) is 47.9 Å². The normalized spacial score (nSPS) is 34.8. The number of benzene rings is 2. The number of fused-ring (bicyclic) bond motifs is 4. The van der Waals surface area contributed by atoms with Gasteiger partial charge in [-0.2, -0.15) is 0 Å². The first kappa shape index (κ1) is 33.2. The second-order valence-electron chi connectivity index (χ2n) is 11.9. The molecule has 0 aromatic heterocycles. The lowest BCUT2D eigenvalue weighted by atomic mass is 9.66. The molecule has 5 aliphatic rings. The lowest BCUT2D eigenvalue weighted by molar-refractivity contribution is -0.385. The molecule has 19 heteroatoms. The van der Waals surface area contributed by atoms with Crippen molar-refractivity contribution in [2.24, 2.45) is 11.8 Å². The fourth-order valence-electron chi connectivity index (χ4n) is 7.02. The van der Waals surface area contributed by atoms with E-state index in [1.54, 1.807) is 6.92 Å². The zero-order chi connectivity index (χ0) is 34.3. The number of esters is 1. The molecule has 6 N–H and O–H groups in total. The third-order valence-electron chi connectivity index (χ3n) is 8.99. The van der Waals surface area contributed by atoms with E-state index in [9.17, 15) is 39.6 Å². The Bertz CT molecular complexity index is 1610. The van der Waals surface area contributed by atoms with Crippen LogP contribution in [0.1, 0.15) is 35.6 Å². The minimum absolute atomic E-state index is 0.0472. The van der Waals surface area contributed by atoms with E-state index in [-0.39, 0.29) is 42.0 Å². The number of ether oxygens (including phenoxy) is 9. The summed E-state index contributed by atoms with van der Waals surface area (Å²) in [5, 5.41) is 42.3. The molecule has 3 fully saturated rings. The predicted molar refractivity (Wildman–Crippen MR) is 152 cm³/mol. The summed E-state index contributed by atoms with van der Waals surface area (Å²) in [6, 6.07) is 5.67. The number of phosphoric acid groups is 1. The maximum atomic E-state index is 13.5. The minimum atomic E-state index is -5.06. The largest absolute Gasteiger partial charge is 0.525 e. The van der Waals surface area contributed by atoms with Crippen LogP contribution in [-0.4, -0.2) is 107 Å². The van der Waals surface area contributed by atoms with Crippen molar-refractivity contribution in [3.05, 3.63) is 41.0 Å². The van der Waals surface area contributed by atoms with Crippen LogP contribution in [-0.2, 0) is 33.0 Å². The van der Waals surface area contributed by atoms with Crippen molar-refractivity contribution in [1.82, 2.24) is 0 Å². The molecule has 3 saturated heterocycles. The highest BCUT2D eigenvalue weighted by Gasteiger charge is 2.56. The number of hydrogen-bond donors (Lipinski definition) is 6. The van der Waals surface area contributed by atoms with E-state index in [4.69, 9.17) is 47.2 Å². The molecule has 0 spiro atoms. The van der Waals surface area contributed by atoms with Crippen molar-refractivity contribution >= 4 is 13.8 Å². The van der Waals surface area contributed by atoms with Gasteiger partial charge in [0.15, 0.2) is 35.6 Å². The van der Waals surface area contributed by atoms with Gasteiger partial charge in [0.05, 0.1) is 39.5 Å². The smallest absolute Gasteiger partial charge is 0.493 e. The Labute approximate surface area is 271 Å². The van der Waals surface area contributed by atoms with E-state index in [1.165, 1.54) is 38.5 Å². The van der Waals surface area contributed by atoms with Gasteiger partial charge >= 0.3 is 20.0 Å². The second-order valence-corrected chi connectivity index (χ2v) is 13.1. The number of carbonyl (C=O) groups excluding carboxylic acids is 1. The van der Waals surface area contributed by atoms with Crippen molar-refractivity contribution in [1.29, 1.82) is 0 Å². The number of cyclic esters (lactones) is 1. The van der Waals surface area contributed by atoms with Crippen LogP contribution in [0.2, 0.25) is 0 Å².